The number of hydrogen-bond donors (Lipinski definition) is 0. The van der Waals surface area contributed by atoms with Crippen LogP contribution >= 0.6 is 0 Å². The minimum Gasteiger partial charge on any atom is -0.456 e. The van der Waals surface area contributed by atoms with Gasteiger partial charge in [0.05, 0.1) is 0 Å². The molecule has 0 bridgehead atoms. The van der Waals surface area contributed by atoms with Gasteiger partial charge in [-0.2, -0.15) is 0 Å². The van der Waals surface area contributed by atoms with Gasteiger partial charge in [0.25, 0.3) is 0 Å². The van der Waals surface area contributed by atoms with Gasteiger partial charge in [0.2, 0.25) is 9.76 Å². The molecule has 0 aromatic heterocycles. The van der Waals surface area contributed by atoms with E-state index in [0.717, 1.165) is 5.54 Å². The summed E-state index contributed by atoms with van der Waals surface area (Å²) in [6, 6.07) is 0. The van der Waals surface area contributed by atoms with Crippen LogP contribution < -0.4 is 0 Å². The highest BCUT2D eigenvalue weighted by molar-refractivity contribution is 6.58. The minimum absolute atomic E-state index is 0.429. The van der Waals surface area contributed by atoms with Crippen molar-refractivity contribution in [3.8, 4) is 0 Å². The van der Waals surface area contributed by atoms with Gasteiger partial charge >= 0.3 is 0 Å². The first-order valence-corrected chi connectivity index (χ1v) is 7.91. The van der Waals surface area contributed by atoms with E-state index in [1.165, 1.54) is 32.1 Å². The second-order valence-corrected chi connectivity index (χ2v) is 6.51. The number of rotatable bonds is 3. The lowest BCUT2D eigenvalue weighted by molar-refractivity contribution is 0.463. The fraction of sp³-hybridized carbons (Fsp3) is 1.00. The molecule has 0 spiro atoms. The molecule has 0 aromatic rings. The average molecular weight is 185 g/mol. The summed E-state index contributed by atoms with van der Waals surface area (Å²) in [6.07, 6.45) is 7.23. The quantitative estimate of drug-likeness (QED) is 0.614. The third-order valence-corrected chi connectivity index (χ3v) is 6.27. The van der Waals surface area contributed by atoms with Gasteiger partial charge in [-0.3, -0.25) is 0 Å². The Kier molecular flexibility index (Phi) is 4.41. The zero-order valence-corrected chi connectivity index (χ0v) is 9.52. The van der Waals surface area contributed by atoms with Crippen LogP contribution in [0.4, 0.5) is 0 Å². The van der Waals surface area contributed by atoms with E-state index in [0.29, 0.717) is 9.76 Å². The van der Waals surface area contributed by atoms with Gasteiger partial charge in [-0.15, -0.1) is 0 Å². The fourth-order valence-corrected chi connectivity index (χ4v) is 4.93. The van der Waals surface area contributed by atoms with E-state index in [1.807, 2.05) is 0 Å². The van der Waals surface area contributed by atoms with Crippen molar-refractivity contribution in [3.05, 3.63) is 0 Å². The van der Waals surface area contributed by atoms with Crippen LogP contribution in [0.1, 0.15) is 32.1 Å². The maximum Gasteiger partial charge on any atom is 0.211 e. The maximum atomic E-state index is 5.71. The first-order valence-electron chi connectivity index (χ1n) is 4.51. The molecule has 63 valence electrons. The highest BCUT2D eigenvalue weighted by atomic mass is 28.3. The minimum atomic E-state index is -0.429. The Morgan fingerprint density at radius 1 is 1.27 bits per heavy atom. The van der Waals surface area contributed by atoms with Crippen molar-refractivity contribution >= 4 is 18.8 Å². The molecule has 1 saturated carbocycles. The van der Waals surface area contributed by atoms with Gasteiger partial charge in [-0.25, -0.2) is 0 Å². The van der Waals surface area contributed by atoms with E-state index in [9.17, 15) is 0 Å². The molecule has 3 radical (unpaired) electrons. The molecule has 1 fully saturated rings. The number of hydrogen-bond acceptors (Lipinski definition) is 1. The van der Waals surface area contributed by atoms with Crippen LogP contribution in [0, 0.1) is 0 Å². The monoisotopic (exact) mass is 185 g/mol. The molecule has 3 heteroatoms. The van der Waals surface area contributed by atoms with E-state index in [-0.39, 0.29) is 0 Å². The molecule has 0 aliphatic heterocycles. The van der Waals surface area contributed by atoms with Crippen LogP contribution in [-0.4, -0.2) is 18.8 Å². The van der Waals surface area contributed by atoms with Crippen molar-refractivity contribution in [1.29, 1.82) is 0 Å². The summed E-state index contributed by atoms with van der Waals surface area (Å²) in [5, 5.41) is 0. The van der Waals surface area contributed by atoms with Gasteiger partial charge in [0.15, 0.2) is 9.04 Å². The van der Waals surface area contributed by atoms with Crippen molar-refractivity contribution in [3.63, 3.8) is 0 Å². The molecule has 1 nitrogen and oxygen atoms in total. The van der Waals surface area contributed by atoms with Gasteiger partial charge in [0.1, 0.15) is 0 Å². The van der Waals surface area contributed by atoms with E-state index in [1.54, 1.807) is 0 Å². The topological polar surface area (TPSA) is 9.23 Å². The average Bonchev–Trinajstić information content (AvgIpc) is 2.07. The van der Waals surface area contributed by atoms with Crippen LogP contribution in [0.25, 0.3) is 0 Å². The Morgan fingerprint density at radius 2 is 1.91 bits per heavy atom. The standard InChI is InChI=1S/C8H17OSi2/c1-10-9-11(2)8-6-4-3-5-7-8/h8H,3-7H2,1-2H3. The molecule has 11 heavy (non-hydrogen) atoms. The van der Waals surface area contributed by atoms with Crippen molar-refractivity contribution in [2.24, 2.45) is 0 Å². The first kappa shape index (κ1) is 9.48. The molecule has 0 atom stereocenters. The highest BCUT2D eigenvalue weighted by Crippen LogP contribution is 2.31. The SMILES string of the molecule is C[Si]O[Si](C)C1CCCCC1. The molecule has 1 rings (SSSR count). The Bertz CT molecular complexity index is 102. The van der Waals surface area contributed by atoms with E-state index < -0.39 is 9.04 Å². The Labute approximate surface area is 74.2 Å². The smallest absolute Gasteiger partial charge is 0.211 e. The van der Waals surface area contributed by atoms with Crippen molar-refractivity contribution in [1.82, 2.24) is 0 Å². The summed E-state index contributed by atoms with van der Waals surface area (Å²) in [5.74, 6) is 0. The second kappa shape index (κ2) is 5.11. The van der Waals surface area contributed by atoms with Gasteiger partial charge in [0, 0.05) is 0 Å². The van der Waals surface area contributed by atoms with E-state index >= 15 is 0 Å². The largest absolute Gasteiger partial charge is 0.456 e. The normalized spacial score (nSPS) is 21.0. The zero-order valence-electron chi connectivity index (χ0n) is 7.52. The van der Waals surface area contributed by atoms with Crippen LogP contribution in [0.3, 0.4) is 0 Å². The van der Waals surface area contributed by atoms with Crippen molar-refractivity contribution in [2.45, 2.75) is 50.7 Å². The first-order chi connectivity index (χ1) is 5.34. The molecule has 1 aliphatic rings. The predicted molar refractivity (Wildman–Crippen MR) is 51.2 cm³/mol. The van der Waals surface area contributed by atoms with E-state index in [2.05, 4.69) is 13.1 Å². The summed E-state index contributed by atoms with van der Waals surface area (Å²) in [7, 11) is 0.279. The lowest BCUT2D eigenvalue weighted by atomic mass is 10.0. The predicted octanol–water partition coefficient (Wildman–Crippen LogP) is 2.63. The highest BCUT2D eigenvalue weighted by Gasteiger charge is 2.22. The molecule has 0 amide bonds. The van der Waals surface area contributed by atoms with Gasteiger partial charge in [-0.1, -0.05) is 32.1 Å². The molecular weight excluding hydrogens is 168 g/mol. The van der Waals surface area contributed by atoms with E-state index in [4.69, 9.17) is 4.12 Å². The Balaban J connectivity index is 2.21. The lowest BCUT2D eigenvalue weighted by Gasteiger charge is -2.25. The van der Waals surface area contributed by atoms with Crippen LogP contribution in [0.2, 0.25) is 18.6 Å². The van der Waals surface area contributed by atoms with Crippen LogP contribution in [0.15, 0.2) is 0 Å². The maximum absolute atomic E-state index is 5.71. The molecule has 0 N–H and O–H groups in total. The summed E-state index contributed by atoms with van der Waals surface area (Å²) in [4.78, 5) is 0. The molecule has 0 heterocycles. The molecule has 0 unspecified atom stereocenters. The third-order valence-electron chi connectivity index (χ3n) is 2.44. The summed E-state index contributed by atoms with van der Waals surface area (Å²) < 4.78 is 5.71. The van der Waals surface area contributed by atoms with Crippen molar-refractivity contribution in [2.75, 3.05) is 0 Å². The Hall–Kier alpha value is 0.394. The van der Waals surface area contributed by atoms with Crippen LogP contribution in [-0.2, 0) is 4.12 Å². The Morgan fingerprint density at radius 3 is 2.45 bits per heavy atom. The lowest BCUT2D eigenvalue weighted by Crippen LogP contribution is -2.24. The molecule has 1 aliphatic carbocycles. The molecular formula is C8H17OSi2. The third kappa shape index (κ3) is 3.09. The van der Waals surface area contributed by atoms with Crippen LogP contribution in [0.5, 0.6) is 0 Å². The van der Waals surface area contributed by atoms with Gasteiger partial charge < -0.3 is 4.12 Å². The summed E-state index contributed by atoms with van der Waals surface area (Å²) >= 11 is 0. The summed E-state index contributed by atoms with van der Waals surface area (Å²) in [5.41, 5.74) is 0.959. The van der Waals surface area contributed by atoms with Crippen molar-refractivity contribution < 1.29 is 4.12 Å². The van der Waals surface area contributed by atoms with Gasteiger partial charge in [-0.05, 0) is 18.6 Å². The molecule has 0 saturated heterocycles. The zero-order chi connectivity index (χ0) is 8.10. The summed E-state index contributed by atoms with van der Waals surface area (Å²) in [6.45, 7) is 4.47. The molecule has 0 aromatic carbocycles. The fourth-order valence-electron chi connectivity index (χ4n) is 1.75. The second-order valence-electron chi connectivity index (χ2n) is 3.25.